The molecule has 0 aromatic carbocycles. The fraction of sp³-hybridized carbons (Fsp3) is 0.936. The smallest absolute Gasteiger partial charge is 0.220 e. The molecule has 0 aliphatic rings. The molecule has 0 aliphatic heterocycles. The molecule has 0 spiro atoms. The van der Waals surface area contributed by atoms with Crippen LogP contribution in [0.4, 0.5) is 0 Å². The molecule has 3 N–H and O–H groups in total. The van der Waals surface area contributed by atoms with Gasteiger partial charge in [0.2, 0.25) is 5.91 Å². The number of unbranched alkanes of at least 4 members (excludes halogenated alkanes) is 36. The van der Waals surface area contributed by atoms with Gasteiger partial charge < -0.3 is 15.5 Å². The van der Waals surface area contributed by atoms with Crippen molar-refractivity contribution in [1.29, 1.82) is 0 Å². The highest BCUT2D eigenvalue weighted by atomic mass is 16.3. The normalized spacial score (nSPS) is 12.9. The summed E-state index contributed by atoms with van der Waals surface area (Å²) in [5, 5.41) is 22.8. The molecule has 51 heavy (non-hydrogen) atoms. The molecular weight excluding hydrogens is 627 g/mol. The van der Waals surface area contributed by atoms with Gasteiger partial charge in [0, 0.05) is 6.42 Å². The lowest BCUT2D eigenvalue weighted by molar-refractivity contribution is -0.123. The minimum atomic E-state index is -0.832. The van der Waals surface area contributed by atoms with Gasteiger partial charge in [-0.3, -0.25) is 4.79 Å². The molecule has 0 radical (unpaired) electrons. The molecule has 0 aromatic rings. The SMILES string of the molecule is CCCCCCCCCCCCCCCCCCCCCCCCCCCCCCCCC/C=C/C(O)C(CO)NC(=O)CCCCCCCC. The van der Waals surface area contributed by atoms with E-state index in [-0.39, 0.29) is 12.5 Å². The zero-order valence-corrected chi connectivity index (χ0v) is 34.9. The maximum absolute atomic E-state index is 12.2. The third kappa shape index (κ3) is 40.2. The zero-order valence-electron chi connectivity index (χ0n) is 34.9. The predicted octanol–water partition coefficient (Wildman–Crippen LogP) is 14.6. The van der Waals surface area contributed by atoms with Gasteiger partial charge in [0.15, 0.2) is 0 Å². The van der Waals surface area contributed by atoms with Crippen LogP contribution in [0, 0.1) is 0 Å². The van der Waals surface area contributed by atoms with Gasteiger partial charge >= 0.3 is 0 Å². The van der Waals surface area contributed by atoms with E-state index in [0.29, 0.717) is 6.42 Å². The first-order valence-electron chi connectivity index (χ1n) is 23.4. The lowest BCUT2D eigenvalue weighted by atomic mass is 10.0. The Morgan fingerprint density at radius 3 is 1.02 bits per heavy atom. The molecule has 0 fully saturated rings. The van der Waals surface area contributed by atoms with E-state index in [2.05, 4.69) is 19.2 Å². The van der Waals surface area contributed by atoms with Gasteiger partial charge in [0.25, 0.3) is 0 Å². The van der Waals surface area contributed by atoms with Crippen LogP contribution in [0.5, 0.6) is 0 Å². The quantitative estimate of drug-likeness (QED) is 0.0434. The van der Waals surface area contributed by atoms with E-state index in [0.717, 1.165) is 25.7 Å². The third-order valence-electron chi connectivity index (χ3n) is 11.0. The van der Waals surface area contributed by atoms with Crippen molar-refractivity contribution in [2.45, 2.75) is 276 Å². The number of nitrogens with one attached hydrogen (secondary N) is 1. The van der Waals surface area contributed by atoms with E-state index >= 15 is 0 Å². The Morgan fingerprint density at radius 2 is 0.725 bits per heavy atom. The van der Waals surface area contributed by atoms with Gasteiger partial charge in [-0.15, -0.1) is 0 Å². The summed E-state index contributed by atoms with van der Waals surface area (Å²) in [7, 11) is 0. The molecule has 0 saturated carbocycles. The maximum atomic E-state index is 12.2. The van der Waals surface area contributed by atoms with Crippen LogP contribution in [0.25, 0.3) is 0 Å². The molecule has 0 aromatic heterocycles. The second-order valence-corrected chi connectivity index (χ2v) is 16.2. The molecule has 0 heterocycles. The van der Waals surface area contributed by atoms with Crippen LogP contribution in [-0.4, -0.2) is 34.9 Å². The Balaban J connectivity index is 3.33. The highest BCUT2D eigenvalue weighted by Crippen LogP contribution is 2.17. The standard InChI is InChI=1S/C47H93NO3/c1-3-5-7-9-11-12-13-14-15-16-17-18-19-20-21-22-23-24-25-26-27-28-29-30-31-32-33-34-35-36-37-38-40-42-46(50)45(44-49)48-47(51)43-41-39-10-8-6-4-2/h40,42,45-46,49-50H,3-39,41,43-44H2,1-2H3,(H,48,51)/b42-40+. The van der Waals surface area contributed by atoms with E-state index in [1.807, 2.05) is 6.08 Å². The molecule has 0 bridgehead atoms. The lowest BCUT2D eigenvalue weighted by Gasteiger charge is -2.20. The summed E-state index contributed by atoms with van der Waals surface area (Å²) in [6.07, 6.45) is 55.3. The highest BCUT2D eigenvalue weighted by Gasteiger charge is 2.17. The zero-order chi connectivity index (χ0) is 37.1. The first-order chi connectivity index (χ1) is 25.2. The predicted molar refractivity (Wildman–Crippen MR) is 226 cm³/mol. The summed E-state index contributed by atoms with van der Waals surface area (Å²) in [6.45, 7) is 4.26. The van der Waals surface area contributed by atoms with Crippen LogP contribution in [0.1, 0.15) is 264 Å². The summed E-state index contributed by atoms with van der Waals surface area (Å²) in [5.41, 5.74) is 0. The fourth-order valence-electron chi connectivity index (χ4n) is 7.42. The van der Waals surface area contributed by atoms with Crippen LogP contribution in [0.15, 0.2) is 12.2 Å². The molecule has 0 rings (SSSR count). The molecule has 4 heteroatoms. The molecular formula is C47H93NO3. The Kier molecular flexibility index (Phi) is 42.8. The van der Waals surface area contributed by atoms with Crippen molar-refractivity contribution in [2.24, 2.45) is 0 Å². The summed E-state index contributed by atoms with van der Waals surface area (Å²) in [5.74, 6) is -0.0711. The van der Waals surface area contributed by atoms with Crippen molar-refractivity contribution in [2.75, 3.05) is 6.61 Å². The average molecular weight is 720 g/mol. The molecule has 304 valence electrons. The third-order valence-corrected chi connectivity index (χ3v) is 11.0. The van der Waals surface area contributed by atoms with Crippen molar-refractivity contribution < 1.29 is 15.0 Å². The van der Waals surface area contributed by atoms with E-state index in [4.69, 9.17) is 0 Å². The number of rotatable bonds is 43. The molecule has 1 amide bonds. The number of aliphatic hydroxyl groups excluding tert-OH is 2. The number of hydrogen-bond acceptors (Lipinski definition) is 3. The van der Waals surface area contributed by atoms with Crippen LogP contribution in [0.2, 0.25) is 0 Å². The number of carbonyl (C=O) groups is 1. The molecule has 0 saturated heterocycles. The maximum Gasteiger partial charge on any atom is 0.220 e. The lowest BCUT2D eigenvalue weighted by Crippen LogP contribution is -2.45. The van der Waals surface area contributed by atoms with Crippen molar-refractivity contribution in [1.82, 2.24) is 5.32 Å². The Morgan fingerprint density at radius 1 is 0.451 bits per heavy atom. The van der Waals surface area contributed by atoms with Gasteiger partial charge in [-0.05, 0) is 19.3 Å². The summed E-state index contributed by atoms with van der Waals surface area (Å²) >= 11 is 0. The Labute approximate surface area is 320 Å². The van der Waals surface area contributed by atoms with Crippen molar-refractivity contribution in [3.63, 3.8) is 0 Å². The van der Waals surface area contributed by atoms with E-state index in [1.165, 1.54) is 218 Å². The van der Waals surface area contributed by atoms with E-state index < -0.39 is 12.1 Å². The van der Waals surface area contributed by atoms with E-state index in [9.17, 15) is 15.0 Å². The number of carbonyl (C=O) groups excluding carboxylic acids is 1. The number of hydrogen-bond donors (Lipinski definition) is 3. The monoisotopic (exact) mass is 720 g/mol. The van der Waals surface area contributed by atoms with Gasteiger partial charge in [-0.1, -0.05) is 251 Å². The number of amides is 1. The highest BCUT2D eigenvalue weighted by molar-refractivity contribution is 5.76. The summed E-state index contributed by atoms with van der Waals surface area (Å²) in [6, 6.07) is -0.614. The average Bonchev–Trinajstić information content (AvgIpc) is 3.13. The fourth-order valence-corrected chi connectivity index (χ4v) is 7.42. The van der Waals surface area contributed by atoms with Gasteiger partial charge in [0.1, 0.15) is 0 Å². The van der Waals surface area contributed by atoms with Gasteiger partial charge in [-0.25, -0.2) is 0 Å². The molecule has 2 atom stereocenters. The van der Waals surface area contributed by atoms with Crippen LogP contribution < -0.4 is 5.32 Å². The Bertz CT molecular complexity index is 695. The molecule has 4 nitrogen and oxygen atoms in total. The minimum Gasteiger partial charge on any atom is -0.394 e. The first-order valence-corrected chi connectivity index (χ1v) is 23.4. The molecule has 2 unspecified atom stereocenters. The first kappa shape index (κ1) is 50.1. The van der Waals surface area contributed by atoms with Gasteiger partial charge in [-0.2, -0.15) is 0 Å². The second kappa shape index (κ2) is 43.5. The summed E-state index contributed by atoms with van der Waals surface area (Å²) in [4.78, 5) is 12.2. The second-order valence-electron chi connectivity index (χ2n) is 16.2. The Hall–Kier alpha value is -0.870. The van der Waals surface area contributed by atoms with Crippen molar-refractivity contribution >= 4 is 5.91 Å². The minimum absolute atomic E-state index is 0.0711. The van der Waals surface area contributed by atoms with Crippen LogP contribution in [0.3, 0.4) is 0 Å². The molecule has 0 aliphatic carbocycles. The van der Waals surface area contributed by atoms with Crippen LogP contribution in [-0.2, 0) is 4.79 Å². The van der Waals surface area contributed by atoms with Crippen molar-refractivity contribution in [3.05, 3.63) is 12.2 Å². The largest absolute Gasteiger partial charge is 0.394 e. The van der Waals surface area contributed by atoms with Crippen LogP contribution >= 0.6 is 0 Å². The topological polar surface area (TPSA) is 69.6 Å². The van der Waals surface area contributed by atoms with E-state index in [1.54, 1.807) is 6.08 Å². The van der Waals surface area contributed by atoms with Gasteiger partial charge in [0.05, 0.1) is 18.8 Å². The number of aliphatic hydroxyl groups is 2. The van der Waals surface area contributed by atoms with Crippen molar-refractivity contribution in [3.8, 4) is 0 Å². The number of allylic oxidation sites excluding steroid dienone is 1. The summed E-state index contributed by atoms with van der Waals surface area (Å²) < 4.78 is 0.